The number of benzene rings is 3. The maximum Gasteiger partial charge on any atom is 0.255 e. The van der Waals surface area contributed by atoms with Crippen LogP contribution in [0.15, 0.2) is 88.7 Å². The summed E-state index contributed by atoms with van der Waals surface area (Å²) in [5.41, 5.74) is 2.44. The summed E-state index contributed by atoms with van der Waals surface area (Å²) in [4.78, 5) is 16.4. The zero-order chi connectivity index (χ0) is 23.3. The molecule has 33 heavy (non-hydrogen) atoms. The van der Waals surface area contributed by atoms with Crippen LogP contribution < -0.4 is 5.32 Å². The van der Waals surface area contributed by atoms with Gasteiger partial charge in [-0.2, -0.15) is 4.31 Å². The van der Waals surface area contributed by atoms with Gasteiger partial charge in [0.1, 0.15) is 0 Å². The number of sulfonamides is 1. The predicted molar refractivity (Wildman–Crippen MR) is 133 cm³/mol. The summed E-state index contributed by atoms with van der Waals surface area (Å²) in [6.07, 6.45) is 1.98. The molecule has 0 atom stereocenters. The van der Waals surface area contributed by atoms with Crippen LogP contribution in [-0.4, -0.2) is 56.0 Å². The predicted octanol–water partition coefficient (Wildman–Crippen LogP) is 4.17. The molecular formula is C25H27N3O3S2. The molecule has 1 aliphatic heterocycles. The Hall–Kier alpha value is -2.65. The van der Waals surface area contributed by atoms with Gasteiger partial charge in [0, 0.05) is 43.2 Å². The van der Waals surface area contributed by atoms with Gasteiger partial charge in [0.05, 0.1) is 10.6 Å². The van der Waals surface area contributed by atoms with Crippen molar-refractivity contribution in [3.05, 3.63) is 90.0 Å². The summed E-state index contributed by atoms with van der Waals surface area (Å²) >= 11 is 1.59. The van der Waals surface area contributed by atoms with Gasteiger partial charge in [-0.3, -0.25) is 9.69 Å². The highest BCUT2D eigenvalue weighted by Gasteiger charge is 2.28. The summed E-state index contributed by atoms with van der Waals surface area (Å²) in [6, 6.07) is 23.9. The van der Waals surface area contributed by atoms with E-state index in [1.165, 1.54) is 0 Å². The summed E-state index contributed by atoms with van der Waals surface area (Å²) in [6.45, 7) is 2.85. The largest absolute Gasteiger partial charge is 0.321 e. The summed E-state index contributed by atoms with van der Waals surface area (Å²) < 4.78 is 27.2. The highest BCUT2D eigenvalue weighted by molar-refractivity contribution is 7.98. The molecule has 0 unspecified atom stereocenters. The lowest BCUT2D eigenvalue weighted by atomic mass is 10.1. The molecule has 0 bridgehead atoms. The number of amides is 1. The van der Waals surface area contributed by atoms with Gasteiger partial charge >= 0.3 is 0 Å². The molecule has 3 aromatic carbocycles. The Morgan fingerprint density at radius 1 is 0.909 bits per heavy atom. The highest BCUT2D eigenvalue weighted by atomic mass is 32.2. The fraction of sp³-hybridized carbons (Fsp3) is 0.240. The van der Waals surface area contributed by atoms with E-state index in [0.717, 1.165) is 16.1 Å². The van der Waals surface area contributed by atoms with E-state index in [9.17, 15) is 13.2 Å². The monoisotopic (exact) mass is 481 g/mol. The molecule has 8 heteroatoms. The van der Waals surface area contributed by atoms with Crippen molar-refractivity contribution >= 4 is 33.4 Å². The Morgan fingerprint density at radius 2 is 1.61 bits per heavy atom. The van der Waals surface area contributed by atoms with Crippen LogP contribution in [0.2, 0.25) is 0 Å². The van der Waals surface area contributed by atoms with Gasteiger partial charge in [-0.25, -0.2) is 8.42 Å². The minimum atomic E-state index is -3.46. The minimum Gasteiger partial charge on any atom is -0.321 e. The lowest BCUT2D eigenvalue weighted by molar-refractivity contribution is 0.102. The molecule has 6 nitrogen and oxygen atoms in total. The Bertz CT molecular complexity index is 1210. The normalized spacial score (nSPS) is 15.3. The fourth-order valence-corrected chi connectivity index (χ4v) is 5.88. The van der Waals surface area contributed by atoms with Crippen molar-refractivity contribution in [2.24, 2.45) is 0 Å². The summed E-state index contributed by atoms with van der Waals surface area (Å²) in [5.74, 6) is -0.142. The van der Waals surface area contributed by atoms with Crippen molar-refractivity contribution in [1.29, 1.82) is 0 Å². The van der Waals surface area contributed by atoms with Crippen molar-refractivity contribution in [2.75, 3.05) is 37.8 Å². The Labute approximate surface area is 199 Å². The van der Waals surface area contributed by atoms with Crippen LogP contribution in [0.3, 0.4) is 0 Å². The molecule has 0 aliphatic carbocycles. The van der Waals surface area contributed by atoms with Crippen molar-refractivity contribution in [2.45, 2.75) is 16.3 Å². The van der Waals surface area contributed by atoms with Crippen molar-refractivity contribution in [1.82, 2.24) is 9.21 Å². The number of nitrogens with zero attached hydrogens (tertiary/aromatic N) is 2. The van der Waals surface area contributed by atoms with E-state index in [4.69, 9.17) is 0 Å². The van der Waals surface area contributed by atoms with E-state index in [0.29, 0.717) is 43.2 Å². The molecule has 3 aromatic rings. The summed E-state index contributed by atoms with van der Waals surface area (Å²) in [5, 5.41) is 3.00. The topological polar surface area (TPSA) is 69.7 Å². The number of hydrogen-bond acceptors (Lipinski definition) is 5. The Kier molecular flexibility index (Phi) is 7.49. The molecule has 4 rings (SSSR count). The molecule has 0 radical (unpaired) electrons. The molecule has 0 spiro atoms. The third kappa shape index (κ3) is 5.65. The van der Waals surface area contributed by atoms with Crippen molar-refractivity contribution in [3.8, 4) is 0 Å². The minimum absolute atomic E-state index is 0.142. The van der Waals surface area contributed by atoms with Gasteiger partial charge in [-0.05, 0) is 48.2 Å². The van der Waals surface area contributed by atoms with E-state index in [-0.39, 0.29) is 5.91 Å². The Morgan fingerprint density at radius 3 is 2.33 bits per heavy atom. The molecule has 0 saturated carbocycles. The van der Waals surface area contributed by atoms with E-state index < -0.39 is 10.0 Å². The molecule has 1 fully saturated rings. The van der Waals surface area contributed by atoms with Crippen LogP contribution in [0.4, 0.5) is 5.69 Å². The molecule has 172 valence electrons. The first-order valence-electron chi connectivity index (χ1n) is 10.8. The van der Waals surface area contributed by atoms with Crippen LogP contribution >= 0.6 is 11.8 Å². The van der Waals surface area contributed by atoms with Crippen LogP contribution in [0, 0.1) is 0 Å². The quantitative estimate of drug-likeness (QED) is 0.513. The van der Waals surface area contributed by atoms with Crippen LogP contribution in [-0.2, 0) is 16.6 Å². The number of hydrogen-bond donors (Lipinski definition) is 1. The van der Waals surface area contributed by atoms with Gasteiger partial charge in [0.15, 0.2) is 0 Å². The number of para-hydroxylation sites is 1. The van der Waals surface area contributed by atoms with Gasteiger partial charge in [0.25, 0.3) is 5.91 Å². The highest BCUT2D eigenvalue weighted by Crippen LogP contribution is 2.25. The third-order valence-electron chi connectivity index (χ3n) is 5.66. The van der Waals surface area contributed by atoms with Crippen LogP contribution in [0.25, 0.3) is 0 Å². The van der Waals surface area contributed by atoms with Gasteiger partial charge in [-0.15, -0.1) is 11.8 Å². The number of anilines is 1. The average molecular weight is 482 g/mol. The standard InChI is InChI=1S/C25H27N3O3S2/c1-32-24-13-6-5-12-23(24)26-25(29)21-9-7-8-20(18-21)19-27-14-16-28(17-15-27)33(30,31)22-10-3-2-4-11-22/h2-13,18H,14-17,19H2,1H3,(H,26,29). The SMILES string of the molecule is CSc1ccccc1NC(=O)c1cccc(CN2CCN(S(=O)(=O)c3ccccc3)CC2)c1. The third-order valence-corrected chi connectivity index (χ3v) is 8.37. The first kappa shape index (κ1) is 23.5. The van der Waals surface area contributed by atoms with Crippen LogP contribution in [0.5, 0.6) is 0 Å². The lowest BCUT2D eigenvalue weighted by Crippen LogP contribution is -2.48. The molecule has 1 heterocycles. The van der Waals surface area contributed by atoms with Gasteiger partial charge in [-0.1, -0.05) is 42.5 Å². The van der Waals surface area contributed by atoms with E-state index >= 15 is 0 Å². The number of carbonyl (C=O) groups is 1. The van der Waals surface area contributed by atoms with Crippen molar-refractivity contribution in [3.63, 3.8) is 0 Å². The Balaban J connectivity index is 1.37. The first-order valence-corrected chi connectivity index (χ1v) is 13.4. The molecule has 0 aromatic heterocycles. The smallest absolute Gasteiger partial charge is 0.255 e. The van der Waals surface area contributed by atoms with Crippen LogP contribution in [0.1, 0.15) is 15.9 Å². The molecular weight excluding hydrogens is 454 g/mol. The average Bonchev–Trinajstić information content (AvgIpc) is 2.85. The van der Waals surface area contributed by atoms with E-state index in [1.807, 2.05) is 60.9 Å². The number of carbonyl (C=O) groups excluding carboxylic acids is 1. The zero-order valence-corrected chi connectivity index (χ0v) is 20.1. The molecule has 1 saturated heterocycles. The van der Waals surface area contributed by atoms with E-state index in [1.54, 1.807) is 40.3 Å². The molecule has 1 amide bonds. The first-order chi connectivity index (χ1) is 16.0. The maximum atomic E-state index is 12.8. The zero-order valence-electron chi connectivity index (χ0n) is 18.5. The second kappa shape index (κ2) is 10.5. The van der Waals surface area contributed by atoms with Gasteiger partial charge < -0.3 is 5.32 Å². The number of thioether (sulfide) groups is 1. The second-order valence-corrected chi connectivity index (χ2v) is 10.6. The number of rotatable bonds is 7. The summed E-state index contributed by atoms with van der Waals surface area (Å²) in [7, 11) is -3.46. The number of piperazine rings is 1. The van der Waals surface area contributed by atoms with E-state index in [2.05, 4.69) is 10.2 Å². The molecule has 1 N–H and O–H groups in total. The maximum absolute atomic E-state index is 12.8. The van der Waals surface area contributed by atoms with Crippen molar-refractivity contribution < 1.29 is 13.2 Å². The second-order valence-electron chi connectivity index (χ2n) is 7.85. The fourth-order valence-electron chi connectivity index (χ4n) is 3.88. The molecule has 1 aliphatic rings. The lowest BCUT2D eigenvalue weighted by Gasteiger charge is -2.34. The number of nitrogens with one attached hydrogen (secondary N) is 1. The van der Waals surface area contributed by atoms with Gasteiger partial charge in [0.2, 0.25) is 10.0 Å².